The van der Waals surface area contributed by atoms with Crippen molar-refractivity contribution in [2.75, 3.05) is 49.1 Å². The Bertz CT molecular complexity index is 2970. The van der Waals surface area contributed by atoms with Crippen molar-refractivity contribution in [3.63, 3.8) is 0 Å². The average molecular weight is 997 g/mol. The van der Waals surface area contributed by atoms with Crippen molar-refractivity contribution in [1.82, 2.24) is 19.6 Å². The Kier molecular flexibility index (Phi) is 14.5. The van der Waals surface area contributed by atoms with Crippen LogP contribution >= 0.6 is 11.6 Å². The highest BCUT2D eigenvalue weighted by molar-refractivity contribution is 7.93. The second kappa shape index (κ2) is 20.6. The molecule has 4 aliphatic rings. The minimum Gasteiger partial charge on any atom is -0.455 e. The van der Waals surface area contributed by atoms with E-state index in [-0.39, 0.29) is 28.5 Å². The maximum atomic E-state index is 14.1. The molecule has 17 heteroatoms. The van der Waals surface area contributed by atoms with Crippen LogP contribution in [0.5, 0.6) is 11.5 Å². The molecule has 5 aromatic rings. The lowest BCUT2D eigenvalue weighted by Crippen LogP contribution is -2.47. The first-order valence-electron chi connectivity index (χ1n) is 24.3. The number of aromatic nitrogens is 2. The molecule has 69 heavy (non-hydrogen) atoms. The van der Waals surface area contributed by atoms with E-state index in [1.54, 1.807) is 30.5 Å². The molecule has 0 radical (unpaired) electrons. The van der Waals surface area contributed by atoms with E-state index >= 15 is 0 Å². The van der Waals surface area contributed by atoms with Crippen LogP contribution in [-0.4, -0.2) is 88.6 Å². The largest absolute Gasteiger partial charge is 0.455 e. The third kappa shape index (κ3) is 11.8. The summed E-state index contributed by atoms with van der Waals surface area (Å²) in [7, 11) is -6.67. The van der Waals surface area contributed by atoms with Crippen LogP contribution in [0, 0.1) is 21.4 Å². The predicted molar refractivity (Wildman–Crippen MR) is 273 cm³/mol. The maximum absolute atomic E-state index is 14.1. The fourth-order valence-corrected chi connectivity index (χ4v) is 14.1. The van der Waals surface area contributed by atoms with Gasteiger partial charge in [-0.1, -0.05) is 55.6 Å². The highest BCUT2D eigenvalue weighted by atomic mass is 35.5. The van der Waals surface area contributed by atoms with E-state index in [0.717, 1.165) is 119 Å². The summed E-state index contributed by atoms with van der Waals surface area (Å²) in [5.41, 5.74) is 5.89. The number of nitro groups is 1. The Morgan fingerprint density at radius 3 is 2.48 bits per heavy atom. The predicted octanol–water partition coefficient (Wildman–Crippen LogP) is 11.0. The van der Waals surface area contributed by atoms with Crippen molar-refractivity contribution in [1.29, 1.82) is 0 Å². The van der Waals surface area contributed by atoms with E-state index < -0.39 is 35.5 Å². The quantitative estimate of drug-likeness (QED) is 0.0803. The van der Waals surface area contributed by atoms with Gasteiger partial charge in [-0.05, 0) is 136 Å². The summed E-state index contributed by atoms with van der Waals surface area (Å²) in [5, 5.41) is 13.9. The number of halogens is 1. The molecule has 0 unspecified atom stereocenters. The Labute approximate surface area is 410 Å². The number of carbonyl (C=O) groups is 1. The summed E-state index contributed by atoms with van der Waals surface area (Å²) in [6, 6.07) is 20.8. The van der Waals surface area contributed by atoms with E-state index in [9.17, 15) is 27.5 Å². The standard InChI is InChI=1S/C52H62ClN7O7S2/c1-52(2)22-20-40(47(33-52)37-10-13-41(53)14-11-37)35-58-24-26-59(27-25-58)43-17-19-46(49(31-43)67-44-30-39-21-23-54-50(39)55-34-44)51(61)57-69(65,66)45-18-12-38(48(32-45)60(62)63)9-6-36-7-15-42(16-8-36)56-68(64)28-4-3-5-29-68/h10-14,17-19,21,23,30-32,34,36,42H,3-9,15-16,20,22,24-29,33,35H2,1-2H3,(H,54,55)(H,57,61). The van der Waals surface area contributed by atoms with Gasteiger partial charge in [0.15, 0.2) is 0 Å². The zero-order chi connectivity index (χ0) is 48.3. The molecule has 2 saturated heterocycles. The maximum Gasteiger partial charge on any atom is 0.273 e. The van der Waals surface area contributed by atoms with E-state index in [2.05, 4.69) is 50.5 Å². The number of carbonyl (C=O) groups excluding carboxylic acids is 1. The number of nitrogens with one attached hydrogen (secondary N) is 2. The lowest BCUT2D eigenvalue weighted by Gasteiger charge is -2.39. The third-order valence-corrected chi connectivity index (χ3v) is 18.7. The molecule has 0 bridgehead atoms. The molecule has 9 rings (SSSR count). The van der Waals surface area contributed by atoms with Gasteiger partial charge in [0.05, 0.1) is 27.6 Å². The molecule has 2 aromatic heterocycles. The van der Waals surface area contributed by atoms with Crippen molar-refractivity contribution in [3.05, 3.63) is 123 Å². The number of benzene rings is 3. The molecule has 14 nitrogen and oxygen atoms in total. The molecule has 3 aromatic carbocycles. The van der Waals surface area contributed by atoms with Crippen LogP contribution in [0.15, 0.2) is 100 Å². The molecule has 0 atom stereocenters. The van der Waals surface area contributed by atoms with Gasteiger partial charge in [0.2, 0.25) is 0 Å². The first kappa shape index (κ1) is 48.7. The van der Waals surface area contributed by atoms with Gasteiger partial charge in [0.1, 0.15) is 17.1 Å². The number of nitrogens with zero attached hydrogens (tertiary/aromatic N) is 5. The number of aryl methyl sites for hydroxylation is 1. The van der Waals surface area contributed by atoms with Gasteiger partial charge < -0.3 is 14.6 Å². The summed E-state index contributed by atoms with van der Waals surface area (Å²) in [6.07, 6.45) is 14.2. The SMILES string of the molecule is CC1(C)CCC(CN2CCN(c3ccc(C(=O)NS(=O)(=O)c4ccc(CCC5CCC(N=S6(=O)CCCCC6)CC5)c([N+](=O)[O-])c4)c(Oc4cnc5[nH]ccc5c4)c3)CC2)=C(c2ccc(Cl)cc2)C1. The highest BCUT2D eigenvalue weighted by Gasteiger charge is 2.31. The normalized spacial score (nSPS) is 20.9. The van der Waals surface area contributed by atoms with E-state index in [1.165, 1.54) is 35.0 Å². The van der Waals surface area contributed by atoms with Gasteiger partial charge in [-0.2, -0.15) is 0 Å². The van der Waals surface area contributed by atoms with Gasteiger partial charge in [-0.25, -0.2) is 26.7 Å². The number of aromatic amines is 1. The van der Waals surface area contributed by atoms with Crippen molar-refractivity contribution in [3.8, 4) is 11.5 Å². The second-order valence-corrected chi connectivity index (χ2v) is 24.8. The van der Waals surface area contributed by atoms with Gasteiger partial charge >= 0.3 is 0 Å². The van der Waals surface area contributed by atoms with Crippen LogP contribution in [0.4, 0.5) is 11.4 Å². The van der Waals surface area contributed by atoms with Crippen LogP contribution in [0.25, 0.3) is 16.6 Å². The number of ether oxygens (including phenoxy) is 1. The molecule has 2 aliphatic heterocycles. The highest BCUT2D eigenvalue weighted by Crippen LogP contribution is 2.44. The summed E-state index contributed by atoms with van der Waals surface area (Å²) < 4.78 is 54.2. The fraction of sp³-hybridized carbons (Fsp3) is 0.462. The molecular formula is C52H62ClN7O7S2. The third-order valence-electron chi connectivity index (χ3n) is 14.5. The molecule has 0 spiro atoms. The van der Waals surface area contributed by atoms with Crippen molar-refractivity contribution in [2.45, 2.75) is 102 Å². The number of amides is 1. The fourth-order valence-electron chi connectivity index (χ4n) is 10.5. The van der Waals surface area contributed by atoms with Crippen molar-refractivity contribution in [2.24, 2.45) is 15.7 Å². The van der Waals surface area contributed by atoms with Crippen molar-refractivity contribution < 1.29 is 27.1 Å². The van der Waals surface area contributed by atoms with Crippen LogP contribution in [0.2, 0.25) is 5.02 Å². The number of hydrogen-bond donors (Lipinski definition) is 2. The number of nitro benzene ring substituents is 1. The second-order valence-electron chi connectivity index (χ2n) is 20.1. The van der Waals surface area contributed by atoms with E-state index in [4.69, 9.17) is 20.7 Å². The number of anilines is 1. The number of fused-ring (bicyclic) bond motifs is 1. The smallest absolute Gasteiger partial charge is 0.273 e. The van der Waals surface area contributed by atoms with Gasteiger partial charge in [-0.3, -0.25) is 19.8 Å². The Morgan fingerprint density at radius 2 is 1.74 bits per heavy atom. The zero-order valence-electron chi connectivity index (χ0n) is 39.5. The summed E-state index contributed by atoms with van der Waals surface area (Å²) in [4.78, 5) is 37.7. The topological polar surface area (TPSA) is 180 Å². The minimum absolute atomic E-state index is 0.0313. The lowest BCUT2D eigenvalue weighted by atomic mass is 9.72. The number of hydrogen-bond acceptors (Lipinski definition) is 11. The molecule has 4 heterocycles. The van der Waals surface area contributed by atoms with Crippen molar-refractivity contribution >= 4 is 65.2 Å². The average Bonchev–Trinajstić information content (AvgIpc) is 3.80. The molecule has 2 N–H and O–H groups in total. The first-order chi connectivity index (χ1) is 33.1. The lowest BCUT2D eigenvalue weighted by molar-refractivity contribution is -0.385. The van der Waals surface area contributed by atoms with Gasteiger partial charge in [-0.15, -0.1) is 0 Å². The van der Waals surface area contributed by atoms with Gasteiger partial charge in [0, 0.05) is 93.9 Å². The first-order valence-corrected chi connectivity index (χ1v) is 28.1. The molecule has 1 saturated carbocycles. The van der Waals surface area contributed by atoms with Crippen LogP contribution < -0.4 is 14.4 Å². The van der Waals surface area contributed by atoms with Crippen LogP contribution in [0.1, 0.15) is 106 Å². The number of allylic oxidation sites excluding steroid dienone is 1. The Balaban J connectivity index is 0.884. The number of H-pyrrole nitrogens is 1. The Hall–Kier alpha value is -5.29. The molecular weight excluding hydrogens is 934 g/mol. The summed E-state index contributed by atoms with van der Waals surface area (Å²) in [5.74, 6) is 1.27. The number of rotatable bonds is 14. The molecule has 2 aliphatic carbocycles. The number of sulfonamides is 1. The number of piperazine rings is 1. The van der Waals surface area contributed by atoms with Gasteiger partial charge in [0.25, 0.3) is 21.6 Å². The number of pyridine rings is 1. The minimum atomic E-state index is -4.57. The Morgan fingerprint density at radius 1 is 0.986 bits per heavy atom. The van der Waals surface area contributed by atoms with E-state index in [0.29, 0.717) is 47.2 Å². The molecule has 366 valence electrons. The monoisotopic (exact) mass is 995 g/mol. The summed E-state index contributed by atoms with van der Waals surface area (Å²) in [6.45, 7) is 8.64. The molecule has 1 amide bonds. The van der Waals surface area contributed by atoms with E-state index in [1.807, 2.05) is 18.2 Å². The summed E-state index contributed by atoms with van der Waals surface area (Å²) >= 11 is 6.26. The molecule has 3 fully saturated rings. The zero-order valence-corrected chi connectivity index (χ0v) is 41.8. The van der Waals surface area contributed by atoms with Crippen LogP contribution in [-0.2, 0) is 26.2 Å². The van der Waals surface area contributed by atoms with Crippen LogP contribution in [0.3, 0.4) is 0 Å².